The maximum absolute atomic E-state index is 13.3. The maximum atomic E-state index is 13.3. The number of nitrogens with zero attached hydrogens (tertiary/aromatic N) is 1. The van der Waals surface area contributed by atoms with E-state index < -0.39 is 24.1 Å². The number of ether oxygens (including phenoxy) is 2. The van der Waals surface area contributed by atoms with Crippen LogP contribution in [0.1, 0.15) is 34.1 Å². The Balaban J connectivity index is 2.01. The van der Waals surface area contributed by atoms with Gasteiger partial charge in [-0.25, -0.2) is 9.59 Å². The number of aliphatic hydroxyl groups excluding tert-OH is 1. The van der Waals surface area contributed by atoms with Gasteiger partial charge in [-0.05, 0) is 35.2 Å². The number of amides is 2. The molecule has 0 aliphatic rings. The molecule has 0 spiro atoms. The average molecular weight is 507 g/mol. The molecule has 0 saturated carbocycles. The van der Waals surface area contributed by atoms with Gasteiger partial charge in [-0.3, -0.25) is 4.79 Å². The molecule has 0 aliphatic carbocycles. The number of hydrogen-bond donors (Lipinski definition) is 2. The van der Waals surface area contributed by atoms with Crippen molar-refractivity contribution in [3.63, 3.8) is 0 Å². The van der Waals surface area contributed by atoms with Crippen molar-refractivity contribution < 1.29 is 29.0 Å². The minimum absolute atomic E-state index is 0.0690. The number of esters is 2. The molecule has 2 amide bonds. The van der Waals surface area contributed by atoms with E-state index in [1.165, 1.54) is 4.90 Å². The molecule has 3 aromatic rings. The van der Waals surface area contributed by atoms with E-state index in [0.29, 0.717) is 11.3 Å². The quantitative estimate of drug-likeness (QED) is 0.288. The first-order valence-electron chi connectivity index (χ1n) is 12.5. The van der Waals surface area contributed by atoms with Crippen LogP contribution in [-0.2, 0) is 14.3 Å². The molecule has 2 N–H and O–H groups in total. The van der Waals surface area contributed by atoms with E-state index in [9.17, 15) is 19.5 Å². The van der Waals surface area contributed by atoms with E-state index in [-0.39, 0.29) is 37.8 Å². The average Bonchev–Trinajstić information content (AvgIpc) is 2.88. The number of rotatable bonds is 10. The molecule has 1 atom stereocenters. The van der Waals surface area contributed by atoms with Crippen LogP contribution < -0.4 is 10.1 Å². The van der Waals surface area contributed by atoms with Gasteiger partial charge in [0.1, 0.15) is 0 Å². The summed E-state index contributed by atoms with van der Waals surface area (Å²) in [5.74, 6) is -0.937. The molecule has 0 aromatic heterocycles. The van der Waals surface area contributed by atoms with Crippen LogP contribution in [0.5, 0.6) is 5.75 Å². The van der Waals surface area contributed by atoms with Gasteiger partial charge in [0.2, 0.25) is 0 Å². The molecule has 0 radical (unpaired) electrons. The molecular weight excluding hydrogens is 472 g/mol. The van der Waals surface area contributed by atoms with E-state index in [2.05, 4.69) is 5.32 Å². The molecular formula is C29H34N2O6. The van der Waals surface area contributed by atoms with Crippen LogP contribution in [0.3, 0.4) is 0 Å². The maximum Gasteiger partial charge on any atom is 0.336 e. The molecule has 37 heavy (non-hydrogen) atoms. The zero-order valence-corrected chi connectivity index (χ0v) is 21.7. The van der Waals surface area contributed by atoms with Crippen LogP contribution in [-0.4, -0.2) is 53.8 Å². The minimum Gasteiger partial charge on any atom is -0.464 e. The molecule has 0 heterocycles. The van der Waals surface area contributed by atoms with E-state index >= 15 is 0 Å². The summed E-state index contributed by atoms with van der Waals surface area (Å²) in [6.45, 7) is 7.36. The van der Waals surface area contributed by atoms with Crippen molar-refractivity contribution in [2.24, 2.45) is 5.92 Å². The molecule has 8 heteroatoms. The number of fused-ring (bicyclic) bond motifs is 1. The van der Waals surface area contributed by atoms with Crippen LogP contribution in [0.25, 0.3) is 21.9 Å². The Kier molecular flexibility index (Phi) is 9.63. The fourth-order valence-electron chi connectivity index (χ4n) is 4.00. The van der Waals surface area contributed by atoms with E-state index in [0.717, 1.165) is 16.3 Å². The van der Waals surface area contributed by atoms with Crippen molar-refractivity contribution in [3.05, 3.63) is 60.7 Å². The van der Waals surface area contributed by atoms with Gasteiger partial charge in [0.15, 0.2) is 11.9 Å². The summed E-state index contributed by atoms with van der Waals surface area (Å²) in [4.78, 5) is 39.1. The molecule has 0 fully saturated rings. The lowest BCUT2D eigenvalue weighted by Gasteiger charge is -2.27. The number of para-hydroxylation sites is 1. The van der Waals surface area contributed by atoms with Crippen molar-refractivity contribution in [1.82, 2.24) is 4.90 Å². The third-order valence-electron chi connectivity index (χ3n) is 5.67. The summed E-state index contributed by atoms with van der Waals surface area (Å²) in [5, 5.41) is 15.1. The molecule has 0 saturated heterocycles. The molecule has 196 valence electrons. The van der Waals surface area contributed by atoms with Crippen molar-refractivity contribution in [2.75, 3.05) is 25.0 Å². The van der Waals surface area contributed by atoms with Crippen LogP contribution in [0.2, 0.25) is 0 Å². The summed E-state index contributed by atoms with van der Waals surface area (Å²) >= 11 is 0. The number of hydrogen-bond acceptors (Lipinski definition) is 6. The second kappa shape index (κ2) is 12.9. The van der Waals surface area contributed by atoms with E-state index in [1.807, 2.05) is 62.4 Å². The molecule has 0 bridgehead atoms. The normalized spacial score (nSPS) is 11.7. The monoisotopic (exact) mass is 506 g/mol. The lowest BCUT2D eigenvalue weighted by molar-refractivity contribution is -0.153. The highest BCUT2D eigenvalue weighted by Gasteiger charge is 2.26. The Morgan fingerprint density at radius 1 is 0.919 bits per heavy atom. The highest BCUT2D eigenvalue weighted by molar-refractivity contribution is 6.01. The number of nitrogens with one attached hydrogen (secondary N) is 1. The SMILES string of the molecule is CCOC(=O)C(O)CN(CC(C)C)C(=O)Nc1cccc(-c2cccc3ccccc23)c1OC(=O)CC. The van der Waals surface area contributed by atoms with Crippen LogP contribution >= 0.6 is 0 Å². The number of carbonyl (C=O) groups excluding carboxylic acids is 3. The Morgan fingerprint density at radius 2 is 1.59 bits per heavy atom. The van der Waals surface area contributed by atoms with Gasteiger partial charge in [0.25, 0.3) is 0 Å². The Labute approximate surface area is 217 Å². The van der Waals surface area contributed by atoms with Gasteiger partial charge < -0.3 is 24.8 Å². The largest absolute Gasteiger partial charge is 0.464 e. The van der Waals surface area contributed by atoms with Crippen LogP contribution in [0.4, 0.5) is 10.5 Å². The molecule has 3 aromatic carbocycles. The smallest absolute Gasteiger partial charge is 0.336 e. The van der Waals surface area contributed by atoms with Crippen LogP contribution in [0, 0.1) is 5.92 Å². The second-order valence-electron chi connectivity index (χ2n) is 9.03. The first-order chi connectivity index (χ1) is 17.7. The zero-order chi connectivity index (χ0) is 26.9. The van der Waals surface area contributed by atoms with Gasteiger partial charge in [-0.15, -0.1) is 0 Å². The van der Waals surface area contributed by atoms with E-state index in [1.54, 1.807) is 26.0 Å². The van der Waals surface area contributed by atoms with Gasteiger partial charge in [-0.1, -0.05) is 75.4 Å². The lowest BCUT2D eigenvalue weighted by atomic mass is 9.97. The van der Waals surface area contributed by atoms with Gasteiger partial charge >= 0.3 is 18.0 Å². The number of benzene rings is 3. The Morgan fingerprint density at radius 3 is 2.30 bits per heavy atom. The molecule has 3 rings (SSSR count). The van der Waals surface area contributed by atoms with Crippen molar-refractivity contribution in [3.8, 4) is 16.9 Å². The second-order valence-corrected chi connectivity index (χ2v) is 9.03. The number of urea groups is 1. The third-order valence-corrected chi connectivity index (χ3v) is 5.67. The summed E-state index contributed by atoms with van der Waals surface area (Å²) in [6.07, 6.45) is -1.33. The molecule has 1 unspecified atom stereocenters. The highest BCUT2D eigenvalue weighted by atomic mass is 16.5. The minimum atomic E-state index is -1.48. The summed E-state index contributed by atoms with van der Waals surface area (Å²) in [7, 11) is 0. The molecule has 0 aliphatic heterocycles. The van der Waals surface area contributed by atoms with Crippen molar-refractivity contribution >= 4 is 34.4 Å². The van der Waals surface area contributed by atoms with Crippen LogP contribution in [0.15, 0.2) is 60.7 Å². The van der Waals surface area contributed by atoms with Crippen molar-refractivity contribution in [1.29, 1.82) is 0 Å². The fourth-order valence-corrected chi connectivity index (χ4v) is 4.00. The molecule has 8 nitrogen and oxygen atoms in total. The number of aliphatic hydroxyl groups is 1. The lowest BCUT2D eigenvalue weighted by Crippen LogP contribution is -2.45. The van der Waals surface area contributed by atoms with Gasteiger partial charge in [0, 0.05) is 18.5 Å². The zero-order valence-electron chi connectivity index (χ0n) is 21.7. The first kappa shape index (κ1) is 27.7. The van der Waals surface area contributed by atoms with Gasteiger partial charge in [-0.2, -0.15) is 0 Å². The summed E-state index contributed by atoms with van der Waals surface area (Å²) in [6, 6.07) is 18.5. The fraction of sp³-hybridized carbons (Fsp3) is 0.345. The predicted molar refractivity (Wildman–Crippen MR) is 143 cm³/mol. The standard InChI is InChI=1S/C29H34N2O6/c1-5-26(33)37-27-23(22-14-9-12-20-11-7-8-13-21(20)22)15-10-16-24(27)30-29(35)31(17-19(3)4)18-25(32)28(34)36-6-2/h7-16,19,25,32H,5-6,17-18H2,1-4H3,(H,30,35). The number of carbonyl (C=O) groups is 3. The topological polar surface area (TPSA) is 105 Å². The third kappa shape index (κ3) is 7.07. The highest BCUT2D eigenvalue weighted by Crippen LogP contribution is 2.40. The Hall–Kier alpha value is -3.91. The summed E-state index contributed by atoms with van der Waals surface area (Å²) in [5.41, 5.74) is 1.81. The van der Waals surface area contributed by atoms with E-state index in [4.69, 9.17) is 9.47 Å². The van der Waals surface area contributed by atoms with Crippen molar-refractivity contribution in [2.45, 2.75) is 40.2 Å². The predicted octanol–water partition coefficient (Wildman–Crippen LogP) is 5.24. The first-order valence-corrected chi connectivity index (χ1v) is 12.5. The Bertz CT molecular complexity index is 1250. The summed E-state index contributed by atoms with van der Waals surface area (Å²) < 4.78 is 10.6. The number of anilines is 1. The van der Waals surface area contributed by atoms with Gasteiger partial charge in [0.05, 0.1) is 18.8 Å².